The molecular formula is C25H24N4O4S. The Morgan fingerprint density at radius 3 is 2.62 bits per heavy atom. The maximum Gasteiger partial charge on any atom is 0.262 e. The minimum Gasteiger partial charge on any atom is -0.490 e. The molecule has 0 unspecified atom stereocenters. The van der Waals surface area contributed by atoms with Gasteiger partial charge in [0.1, 0.15) is 11.4 Å². The van der Waals surface area contributed by atoms with Crippen LogP contribution in [0.5, 0.6) is 11.5 Å². The molecule has 4 rings (SSSR count). The molecule has 174 valence electrons. The Morgan fingerprint density at radius 1 is 1.09 bits per heavy atom. The molecule has 0 saturated heterocycles. The van der Waals surface area contributed by atoms with E-state index in [2.05, 4.69) is 15.5 Å². The lowest BCUT2D eigenvalue weighted by molar-refractivity contribution is -0.121. The van der Waals surface area contributed by atoms with E-state index in [4.69, 9.17) is 9.47 Å². The topological polar surface area (TPSA) is 94.8 Å². The quantitative estimate of drug-likeness (QED) is 0.290. The van der Waals surface area contributed by atoms with Gasteiger partial charge >= 0.3 is 0 Å². The van der Waals surface area contributed by atoms with E-state index in [1.54, 1.807) is 12.1 Å². The lowest BCUT2D eigenvalue weighted by Gasteiger charge is -2.11. The molecular weight excluding hydrogens is 452 g/mol. The third-order valence-corrected chi connectivity index (χ3v) is 5.95. The fourth-order valence-corrected chi connectivity index (χ4v) is 4.33. The van der Waals surface area contributed by atoms with Crippen molar-refractivity contribution in [1.29, 1.82) is 0 Å². The lowest BCUT2D eigenvalue weighted by Crippen LogP contribution is -2.29. The highest BCUT2D eigenvalue weighted by atomic mass is 32.1. The fraction of sp³-hybridized carbons (Fsp3) is 0.200. The summed E-state index contributed by atoms with van der Waals surface area (Å²) in [6, 6.07) is 17.0. The number of hydrogen-bond acceptors (Lipinski definition) is 7. The normalized spacial score (nSPS) is 11.1. The Kier molecular flexibility index (Phi) is 7.34. The molecule has 4 aromatic rings. The van der Waals surface area contributed by atoms with E-state index in [9.17, 15) is 9.59 Å². The minimum absolute atomic E-state index is 0.191. The largest absolute Gasteiger partial charge is 0.490 e. The highest BCUT2D eigenvalue weighted by Gasteiger charge is 2.12. The first kappa shape index (κ1) is 23.2. The smallest absolute Gasteiger partial charge is 0.262 e. The third kappa shape index (κ3) is 5.32. The van der Waals surface area contributed by atoms with Crippen LogP contribution in [0.1, 0.15) is 19.4 Å². The second kappa shape index (κ2) is 10.8. The molecule has 2 aromatic carbocycles. The van der Waals surface area contributed by atoms with Crippen molar-refractivity contribution in [3.8, 4) is 21.9 Å². The van der Waals surface area contributed by atoms with E-state index in [0.29, 0.717) is 34.9 Å². The average molecular weight is 477 g/mol. The maximum absolute atomic E-state index is 12.9. The van der Waals surface area contributed by atoms with Crippen LogP contribution >= 0.6 is 11.3 Å². The number of carbonyl (C=O) groups is 1. The second-order valence-corrected chi connectivity index (χ2v) is 8.27. The van der Waals surface area contributed by atoms with Crippen LogP contribution in [0.3, 0.4) is 0 Å². The van der Waals surface area contributed by atoms with Crippen LogP contribution in [0.15, 0.2) is 70.8 Å². The summed E-state index contributed by atoms with van der Waals surface area (Å²) >= 11 is 1.44. The Balaban J connectivity index is 1.44. The van der Waals surface area contributed by atoms with Crippen molar-refractivity contribution in [2.45, 2.75) is 20.4 Å². The molecule has 9 heteroatoms. The predicted octanol–water partition coefficient (Wildman–Crippen LogP) is 4.07. The molecule has 8 nitrogen and oxygen atoms in total. The molecule has 0 bridgehead atoms. The molecule has 0 atom stereocenters. The molecule has 0 aliphatic heterocycles. The standard InChI is InChI=1S/C25H24N4O4S/c1-3-32-20-11-10-17(12-21(20)33-4-2)14-27-28-23(30)15-29-16-26-24-19(25(29)31)13-22(34-24)18-8-6-5-7-9-18/h5-14,16H,3-4,15H2,1-2H3,(H,28,30)/b27-14-. The van der Waals surface area contributed by atoms with Gasteiger partial charge in [0.15, 0.2) is 11.5 Å². The molecule has 0 fully saturated rings. The first-order valence-corrected chi connectivity index (χ1v) is 11.7. The molecule has 0 saturated carbocycles. The average Bonchev–Trinajstić information content (AvgIpc) is 3.29. The number of benzene rings is 2. The van der Waals surface area contributed by atoms with Gasteiger partial charge in [-0.15, -0.1) is 11.3 Å². The number of hydrogen-bond donors (Lipinski definition) is 1. The first-order valence-electron chi connectivity index (χ1n) is 10.8. The number of hydrazone groups is 1. The first-order chi connectivity index (χ1) is 16.6. The van der Waals surface area contributed by atoms with Crippen LogP contribution in [-0.4, -0.2) is 34.9 Å². The number of amides is 1. The van der Waals surface area contributed by atoms with Crippen LogP contribution in [0, 0.1) is 0 Å². The van der Waals surface area contributed by atoms with E-state index >= 15 is 0 Å². The van der Waals surface area contributed by atoms with Crippen LogP contribution in [-0.2, 0) is 11.3 Å². The van der Waals surface area contributed by atoms with Gasteiger partial charge in [0.25, 0.3) is 11.5 Å². The highest BCUT2D eigenvalue weighted by Crippen LogP contribution is 2.30. The van der Waals surface area contributed by atoms with Crippen molar-refractivity contribution in [2.24, 2.45) is 5.10 Å². The van der Waals surface area contributed by atoms with E-state index in [0.717, 1.165) is 16.0 Å². The van der Waals surface area contributed by atoms with Crippen molar-refractivity contribution >= 4 is 33.7 Å². The number of thiophene rings is 1. The van der Waals surface area contributed by atoms with Gasteiger partial charge in [-0.3, -0.25) is 14.2 Å². The summed E-state index contributed by atoms with van der Waals surface area (Å²) in [5.74, 6) is 0.821. The van der Waals surface area contributed by atoms with Gasteiger partial charge in [0.2, 0.25) is 0 Å². The Bertz CT molecular complexity index is 1380. The van der Waals surface area contributed by atoms with Gasteiger partial charge in [0, 0.05) is 4.88 Å². The summed E-state index contributed by atoms with van der Waals surface area (Å²) < 4.78 is 12.4. The van der Waals surface area contributed by atoms with Crippen LogP contribution in [0.2, 0.25) is 0 Å². The predicted molar refractivity (Wildman–Crippen MR) is 134 cm³/mol. The molecule has 0 aliphatic carbocycles. The van der Waals surface area contributed by atoms with Crippen molar-refractivity contribution in [3.05, 3.63) is 76.8 Å². The van der Waals surface area contributed by atoms with E-state index in [-0.39, 0.29) is 12.1 Å². The second-order valence-electron chi connectivity index (χ2n) is 7.24. The van der Waals surface area contributed by atoms with Crippen molar-refractivity contribution < 1.29 is 14.3 Å². The molecule has 0 radical (unpaired) electrons. The summed E-state index contributed by atoms with van der Waals surface area (Å²) in [6.45, 7) is 4.64. The number of nitrogens with zero attached hydrogens (tertiary/aromatic N) is 3. The Labute approximate surface area is 200 Å². The number of fused-ring (bicyclic) bond motifs is 1. The Morgan fingerprint density at radius 2 is 1.85 bits per heavy atom. The van der Waals surface area contributed by atoms with E-state index in [1.165, 1.54) is 28.4 Å². The monoisotopic (exact) mass is 476 g/mol. The number of nitrogens with one attached hydrogen (secondary N) is 1. The van der Waals surface area contributed by atoms with Crippen LogP contribution in [0.4, 0.5) is 0 Å². The molecule has 0 spiro atoms. The summed E-state index contributed by atoms with van der Waals surface area (Å²) in [5, 5.41) is 4.48. The summed E-state index contributed by atoms with van der Waals surface area (Å²) in [6.07, 6.45) is 2.89. The molecule has 2 heterocycles. The SMILES string of the molecule is CCOc1ccc(/C=N\NC(=O)Cn2cnc3sc(-c4ccccc4)cc3c2=O)cc1OCC. The van der Waals surface area contributed by atoms with Crippen molar-refractivity contribution in [2.75, 3.05) is 13.2 Å². The van der Waals surface area contributed by atoms with Crippen LogP contribution < -0.4 is 20.5 Å². The van der Waals surface area contributed by atoms with Gasteiger partial charge < -0.3 is 9.47 Å². The number of ether oxygens (including phenoxy) is 2. The van der Waals surface area contributed by atoms with Gasteiger partial charge in [0.05, 0.1) is 31.1 Å². The summed E-state index contributed by atoms with van der Waals surface area (Å²) in [7, 11) is 0. The highest BCUT2D eigenvalue weighted by molar-refractivity contribution is 7.21. The fourth-order valence-electron chi connectivity index (χ4n) is 3.33. The van der Waals surface area contributed by atoms with Gasteiger partial charge in [-0.05, 0) is 49.2 Å². The minimum atomic E-state index is -0.436. The van der Waals surface area contributed by atoms with Crippen molar-refractivity contribution in [1.82, 2.24) is 15.0 Å². The maximum atomic E-state index is 12.9. The van der Waals surface area contributed by atoms with Gasteiger partial charge in [-0.25, -0.2) is 10.4 Å². The third-order valence-electron chi connectivity index (χ3n) is 4.86. The molecule has 1 N–H and O–H groups in total. The molecule has 34 heavy (non-hydrogen) atoms. The van der Waals surface area contributed by atoms with E-state index < -0.39 is 5.91 Å². The summed E-state index contributed by atoms with van der Waals surface area (Å²) in [4.78, 5) is 31.2. The van der Waals surface area contributed by atoms with Crippen molar-refractivity contribution in [3.63, 3.8) is 0 Å². The number of carbonyl (C=O) groups excluding carboxylic acids is 1. The van der Waals surface area contributed by atoms with Crippen LogP contribution in [0.25, 0.3) is 20.7 Å². The molecule has 2 aromatic heterocycles. The molecule has 1 amide bonds. The van der Waals surface area contributed by atoms with Gasteiger partial charge in [-0.1, -0.05) is 30.3 Å². The zero-order valence-electron chi connectivity index (χ0n) is 18.9. The number of rotatable bonds is 9. The zero-order valence-corrected chi connectivity index (χ0v) is 19.7. The molecule has 0 aliphatic rings. The van der Waals surface area contributed by atoms with Gasteiger partial charge in [-0.2, -0.15) is 5.10 Å². The number of aromatic nitrogens is 2. The lowest BCUT2D eigenvalue weighted by atomic mass is 10.2. The zero-order chi connectivity index (χ0) is 23.9. The summed E-state index contributed by atoms with van der Waals surface area (Å²) in [5.41, 5.74) is 3.94. The Hall–Kier alpha value is -3.98. The van der Waals surface area contributed by atoms with E-state index in [1.807, 2.05) is 56.3 Å².